The fraction of sp³-hybridized carbons (Fsp3) is 0.933. The molecule has 1 atom stereocenters. The van der Waals surface area contributed by atoms with Gasteiger partial charge in [0.05, 0.1) is 0 Å². The van der Waals surface area contributed by atoms with Crippen LogP contribution in [0.5, 0.6) is 0 Å². The molecule has 0 radical (unpaired) electrons. The quantitative estimate of drug-likeness (QED) is 0.742. The lowest BCUT2D eigenvalue weighted by molar-refractivity contribution is -0.121. The van der Waals surface area contributed by atoms with Crippen molar-refractivity contribution in [3.05, 3.63) is 0 Å². The van der Waals surface area contributed by atoms with Gasteiger partial charge < -0.3 is 5.32 Å². The van der Waals surface area contributed by atoms with Crippen molar-refractivity contribution >= 4 is 17.5 Å². The van der Waals surface area contributed by atoms with E-state index >= 15 is 0 Å². The van der Waals surface area contributed by atoms with Crippen molar-refractivity contribution in [3.63, 3.8) is 0 Å². The van der Waals surface area contributed by atoms with Gasteiger partial charge in [-0.05, 0) is 19.8 Å². The highest BCUT2D eigenvalue weighted by atomic mass is 35.5. The Hall–Kier alpha value is -0.240. The Kier molecular flexibility index (Phi) is 8.49. The van der Waals surface area contributed by atoms with Crippen molar-refractivity contribution in [2.75, 3.05) is 0 Å². The molecule has 1 rings (SSSR count). The van der Waals surface area contributed by atoms with Crippen LogP contribution in [0.3, 0.4) is 0 Å². The summed E-state index contributed by atoms with van der Waals surface area (Å²) in [5.74, 6) is -0.00578. The van der Waals surface area contributed by atoms with E-state index in [2.05, 4.69) is 5.32 Å². The van der Waals surface area contributed by atoms with Gasteiger partial charge in [-0.15, -0.1) is 11.6 Å². The second-order valence-corrected chi connectivity index (χ2v) is 6.24. The smallest absolute Gasteiger partial charge is 0.237 e. The average molecular weight is 274 g/mol. The molecule has 1 unspecified atom stereocenters. The summed E-state index contributed by atoms with van der Waals surface area (Å²) >= 11 is 5.81. The van der Waals surface area contributed by atoms with Crippen LogP contribution in [0, 0.1) is 0 Å². The summed E-state index contributed by atoms with van der Waals surface area (Å²) in [6.07, 6.45) is 14.2. The molecule has 1 aliphatic carbocycles. The van der Waals surface area contributed by atoms with Gasteiger partial charge in [-0.1, -0.05) is 57.8 Å². The molecule has 3 heteroatoms. The van der Waals surface area contributed by atoms with Gasteiger partial charge in [0.1, 0.15) is 5.38 Å². The van der Waals surface area contributed by atoms with Crippen LogP contribution in [-0.4, -0.2) is 17.3 Å². The number of alkyl halides is 1. The predicted molar refractivity (Wildman–Crippen MR) is 78.0 cm³/mol. The Morgan fingerprint density at radius 1 is 0.944 bits per heavy atom. The van der Waals surface area contributed by atoms with E-state index in [1.165, 1.54) is 57.8 Å². The fourth-order valence-corrected chi connectivity index (χ4v) is 2.69. The topological polar surface area (TPSA) is 29.1 Å². The fourth-order valence-electron chi connectivity index (χ4n) is 2.62. The maximum absolute atomic E-state index is 11.6. The summed E-state index contributed by atoms with van der Waals surface area (Å²) in [7, 11) is 0. The SMILES string of the molecule is CC(Cl)C(=O)NC1CCCCCCCCCCC1. The maximum atomic E-state index is 11.6. The van der Waals surface area contributed by atoms with Crippen LogP contribution in [0.1, 0.15) is 77.6 Å². The van der Waals surface area contributed by atoms with E-state index in [1.807, 2.05) is 0 Å². The molecule has 0 bridgehead atoms. The lowest BCUT2D eigenvalue weighted by Gasteiger charge is -2.20. The van der Waals surface area contributed by atoms with Crippen LogP contribution < -0.4 is 5.32 Å². The molecular weight excluding hydrogens is 246 g/mol. The van der Waals surface area contributed by atoms with E-state index in [4.69, 9.17) is 11.6 Å². The van der Waals surface area contributed by atoms with Gasteiger partial charge in [-0.25, -0.2) is 0 Å². The van der Waals surface area contributed by atoms with E-state index in [0.717, 1.165) is 12.8 Å². The molecule has 0 aromatic heterocycles. The summed E-state index contributed by atoms with van der Waals surface area (Å²) in [4.78, 5) is 11.6. The summed E-state index contributed by atoms with van der Waals surface area (Å²) < 4.78 is 0. The van der Waals surface area contributed by atoms with Crippen molar-refractivity contribution in [1.82, 2.24) is 5.32 Å². The standard InChI is InChI=1S/C15H28ClNO/c1-13(16)15(18)17-14-11-9-7-5-3-2-4-6-8-10-12-14/h13-14H,2-12H2,1H3,(H,17,18). The predicted octanol–water partition coefficient (Wildman–Crippen LogP) is 4.40. The van der Waals surface area contributed by atoms with Crippen LogP contribution in [0.15, 0.2) is 0 Å². The minimum absolute atomic E-state index is 0.00578. The Bertz CT molecular complexity index is 219. The monoisotopic (exact) mass is 273 g/mol. The van der Waals surface area contributed by atoms with E-state index in [1.54, 1.807) is 6.92 Å². The zero-order chi connectivity index (χ0) is 13.2. The lowest BCUT2D eigenvalue weighted by Crippen LogP contribution is -2.38. The number of amides is 1. The van der Waals surface area contributed by atoms with E-state index in [-0.39, 0.29) is 5.91 Å². The van der Waals surface area contributed by atoms with Gasteiger partial charge in [-0.3, -0.25) is 4.79 Å². The van der Waals surface area contributed by atoms with Crippen LogP contribution in [-0.2, 0) is 4.79 Å². The van der Waals surface area contributed by atoms with Crippen LogP contribution in [0.2, 0.25) is 0 Å². The van der Waals surface area contributed by atoms with Gasteiger partial charge in [0.2, 0.25) is 5.91 Å². The third kappa shape index (κ3) is 7.25. The number of carbonyl (C=O) groups is 1. The highest BCUT2D eigenvalue weighted by molar-refractivity contribution is 6.30. The van der Waals surface area contributed by atoms with Crippen LogP contribution in [0.4, 0.5) is 0 Å². The molecule has 1 aliphatic rings. The zero-order valence-electron chi connectivity index (χ0n) is 11.7. The number of hydrogen-bond donors (Lipinski definition) is 1. The third-order valence-electron chi connectivity index (χ3n) is 3.81. The molecular formula is C15H28ClNO. The van der Waals surface area contributed by atoms with Crippen molar-refractivity contribution < 1.29 is 4.79 Å². The molecule has 0 aromatic rings. The Morgan fingerprint density at radius 2 is 1.33 bits per heavy atom. The van der Waals surface area contributed by atoms with Crippen molar-refractivity contribution in [1.29, 1.82) is 0 Å². The average Bonchev–Trinajstić information content (AvgIpc) is 2.32. The highest BCUT2D eigenvalue weighted by Gasteiger charge is 2.15. The number of carbonyl (C=O) groups excluding carboxylic acids is 1. The second-order valence-electron chi connectivity index (χ2n) is 5.58. The van der Waals surface area contributed by atoms with Crippen LogP contribution in [0.25, 0.3) is 0 Å². The number of nitrogens with one attached hydrogen (secondary N) is 1. The second kappa shape index (κ2) is 9.66. The lowest BCUT2D eigenvalue weighted by atomic mass is 9.98. The molecule has 1 amide bonds. The molecule has 0 heterocycles. The normalized spacial score (nSPS) is 22.6. The molecule has 2 nitrogen and oxygen atoms in total. The van der Waals surface area contributed by atoms with E-state index in [0.29, 0.717) is 6.04 Å². The summed E-state index contributed by atoms with van der Waals surface area (Å²) in [6, 6.07) is 0.345. The maximum Gasteiger partial charge on any atom is 0.237 e. The molecule has 18 heavy (non-hydrogen) atoms. The van der Waals surface area contributed by atoms with E-state index in [9.17, 15) is 4.79 Å². The van der Waals surface area contributed by atoms with Gasteiger partial charge in [0, 0.05) is 6.04 Å². The van der Waals surface area contributed by atoms with Crippen molar-refractivity contribution in [2.24, 2.45) is 0 Å². The summed E-state index contributed by atoms with van der Waals surface area (Å²) in [6.45, 7) is 1.74. The zero-order valence-corrected chi connectivity index (χ0v) is 12.5. The Morgan fingerprint density at radius 3 is 1.72 bits per heavy atom. The minimum atomic E-state index is -0.411. The molecule has 1 saturated carbocycles. The largest absolute Gasteiger partial charge is 0.352 e. The molecule has 0 saturated heterocycles. The number of halogens is 1. The summed E-state index contributed by atoms with van der Waals surface area (Å²) in [5, 5.41) is 2.69. The molecule has 0 aromatic carbocycles. The molecule has 1 N–H and O–H groups in total. The molecule has 0 aliphatic heterocycles. The van der Waals surface area contributed by atoms with Gasteiger partial charge in [0.15, 0.2) is 0 Å². The first-order valence-corrected chi connectivity index (χ1v) is 8.08. The van der Waals surface area contributed by atoms with Crippen molar-refractivity contribution in [3.8, 4) is 0 Å². The molecule has 1 fully saturated rings. The first-order chi connectivity index (χ1) is 8.70. The van der Waals surface area contributed by atoms with Crippen molar-refractivity contribution in [2.45, 2.75) is 89.0 Å². The van der Waals surface area contributed by atoms with Gasteiger partial charge in [-0.2, -0.15) is 0 Å². The third-order valence-corrected chi connectivity index (χ3v) is 4.01. The Balaban J connectivity index is 2.34. The Labute approximate surface area is 117 Å². The molecule has 0 spiro atoms. The number of hydrogen-bond acceptors (Lipinski definition) is 1. The first kappa shape index (κ1) is 15.8. The minimum Gasteiger partial charge on any atom is -0.352 e. The van der Waals surface area contributed by atoms with E-state index < -0.39 is 5.38 Å². The van der Waals surface area contributed by atoms with Gasteiger partial charge >= 0.3 is 0 Å². The highest BCUT2D eigenvalue weighted by Crippen LogP contribution is 2.17. The molecule has 106 valence electrons. The first-order valence-electron chi connectivity index (χ1n) is 7.64. The summed E-state index contributed by atoms with van der Waals surface area (Å²) in [5.41, 5.74) is 0. The number of rotatable bonds is 2. The van der Waals surface area contributed by atoms with Crippen LogP contribution >= 0.6 is 11.6 Å². The van der Waals surface area contributed by atoms with Gasteiger partial charge in [0.25, 0.3) is 0 Å².